The number of thiophene rings is 1. The van der Waals surface area contributed by atoms with Crippen molar-refractivity contribution in [3.8, 4) is 0 Å². The first-order valence-corrected chi connectivity index (χ1v) is 6.36. The summed E-state index contributed by atoms with van der Waals surface area (Å²) in [5.74, 6) is 0. The smallest absolute Gasteiger partial charge is 0.00671 e. The second-order valence-electron chi connectivity index (χ2n) is 3.81. The van der Waals surface area contributed by atoms with Crippen LogP contribution < -0.4 is 5.32 Å². The molecule has 0 aliphatic rings. The van der Waals surface area contributed by atoms with Gasteiger partial charge >= 0.3 is 0 Å². The van der Waals surface area contributed by atoms with Gasteiger partial charge in [0.05, 0.1) is 0 Å². The lowest BCUT2D eigenvalue weighted by atomic mass is 10.0. The predicted octanol–water partition coefficient (Wildman–Crippen LogP) is 3.38. The Hall–Kier alpha value is -0.340. The summed E-state index contributed by atoms with van der Waals surface area (Å²) in [6, 6.07) is 2.96. The Labute approximate surface area is 91.5 Å². The van der Waals surface area contributed by atoms with Gasteiger partial charge in [0.25, 0.3) is 0 Å². The molecule has 1 atom stereocenters. The van der Waals surface area contributed by atoms with Crippen molar-refractivity contribution in [2.75, 3.05) is 7.05 Å². The zero-order valence-corrected chi connectivity index (χ0v) is 10.3. The second-order valence-corrected chi connectivity index (χ2v) is 4.94. The molecule has 0 bridgehead atoms. The molecule has 1 aromatic rings. The minimum atomic E-state index is 0.694. The average molecular weight is 211 g/mol. The van der Waals surface area contributed by atoms with Crippen molar-refractivity contribution in [3.05, 3.63) is 21.9 Å². The molecule has 0 aliphatic heterocycles. The molecule has 0 saturated heterocycles. The summed E-state index contributed by atoms with van der Waals surface area (Å²) in [5, 5.41) is 5.58. The van der Waals surface area contributed by atoms with Crippen molar-refractivity contribution in [1.82, 2.24) is 5.32 Å². The minimum absolute atomic E-state index is 0.694. The largest absolute Gasteiger partial charge is 0.317 e. The highest BCUT2D eigenvalue weighted by Gasteiger charge is 2.06. The Morgan fingerprint density at radius 2 is 2.21 bits per heavy atom. The van der Waals surface area contributed by atoms with E-state index in [0.29, 0.717) is 6.04 Å². The standard InChI is InChI=1S/C12H21NS/c1-4-5-12(13-3)7-6-11-8-9-14-10(11)2/h8-9,12-13H,4-7H2,1-3H3. The molecule has 0 saturated carbocycles. The van der Waals surface area contributed by atoms with Gasteiger partial charge in [-0.3, -0.25) is 0 Å². The molecule has 0 aromatic carbocycles. The van der Waals surface area contributed by atoms with Gasteiger partial charge in [-0.1, -0.05) is 13.3 Å². The van der Waals surface area contributed by atoms with Crippen LogP contribution in [0.5, 0.6) is 0 Å². The first-order chi connectivity index (χ1) is 6.77. The number of rotatable bonds is 6. The molecule has 2 heteroatoms. The topological polar surface area (TPSA) is 12.0 Å². The zero-order valence-electron chi connectivity index (χ0n) is 9.47. The Kier molecular flexibility index (Phi) is 5.20. The van der Waals surface area contributed by atoms with Gasteiger partial charge in [-0.25, -0.2) is 0 Å². The van der Waals surface area contributed by atoms with Crippen LogP contribution in [0.3, 0.4) is 0 Å². The number of hydrogen-bond donors (Lipinski definition) is 1. The van der Waals surface area contributed by atoms with Crippen molar-refractivity contribution in [3.63, 3.8) is 0 Å². The second kappa shape index (κ2) is 6.20. The van der Waals surface area contributed by atoms with Gasteiger partial charge in [-0.05, 0) is 50.2 Å². The maximum Gasteiger partial charge on any atom is 0.00671 e. The molecule has 1 heterocycles. The molecule has 0 spiro atoms. The fourth-order valence-corrected chi connectivity index (χ4v) is 2.54. The molecule has 0 radical (unpaired) electrons. The average Bonchev–Trinajstić information content (AvgIpc) is 2.59. The van der Waals surface area contributed by atoms with Crippen molar-refractivity contribution < 1.29 is 0 Å². The summed E-state index contributed by atoms with van der Waals surface area (Å²) in [5.41, 5.74) is 1.53. The summed E-state index contributed by atoms with van der Waals surface area (Å²) in [6.45, 7) is 4.47. The first kappa shape index (κ1) is 11.7. The molecule has 1 unspecified atom stereocenters. The van der Waals surface area contributed by atoms with E-state index >= 15 is 0 Å². The SMILES string of the molecule is CCCC(CCc1ccsc1C)NC. The summed E-state index contributed by atoms with van der Waals surface area (Å²) in [6.07, 6.45) is 5.05. The van der Waals surface area contributed by atoms with Crippen LogP contribution in [-0.2, 0) is 6.42 Å². The van der Waals surface area contributed by atoms with Gasteiger partial charge in [0.1, 0.15) is 0 Å². The molecule has 1 aromatic heterocycles. The van der Waals surface area contributed by atoms with Gasteiger partial charge in [-0.2, -0.15) is 0 Å². The number of aryl methyl sites for hydroxylation is 2. The Balaban J connectivity index is 2.35. The Bertz CT molecular complexity index is 255. The molecular weight excluding hydrogens is 190 g/mol. The van der Waals surface area contributed by atoms with E-state index in [0.717, 1.165) is 0 Å². The highest BCUT2D eigenvalue weighted by molar-refractivity contribution is 7.10. The van der Waals surface area contributed by atoms with Gasteiger partial charge in [0.2, 0.25) is 0 Å². The van der Waals surface area contributed by atoms with Crippen molar-refractivity contribution in [2.24, 2.45) is 0 Å². The maximum atomic E-state index is 3.39. The summed E-state index contributed by atoms with van der Waals surface area (Å²) < 4.78 is 0. The summed E-state index contributed by atoms with van der Waals surface area (Å²) in [4.78, 5) is 1.48. The Morgan fingerprint density at radius 3 is 2.71 bits per heavy atom. The van der Waals surface area contributed by atoms with Crippen LogP contribution in [0.4, 0.5) is 0 Å². The van der Waals surface area contributed by atoms with E-state index in [1.807, 2.05) is 11.3 Å². The fraction of sp³-hybridized carbons (Fsp3) is 0.667. The lowest BCUT2D eigenvalue weighted by Crippen LogP contribution is -2.25. The van der Waals surface area contributed by atoms with E-state index in [2.05, 4.69) is 37.7 Å². The van der Waals surface area contributed by atoms with Crippen LogP contribution in [0.25, 0.3) is 0 Å². The zero-order chi connectivity index (χ0) is 10.4. The van der Waals surface area contributed by atoms with E-state index in [-0.39, 0.29) is 0 Å². The van der Waals surface area contributed by atoms with E-state index < -0.39 is 0 Å². The number of hydrogen-bond acceptors (Lipinski definition) is 2. The Morgan fingerprint density at radius 1 is 1.43 bits per heavy atom. The molecule has 80 valence electrons. The predicted molar refractivity (Wildman–Crippen MR) is 65.1 cm³/mol. The quantitative estimate of drug-likeness (QED) is 0.760. The highest BCUT2D eigenvalue weighted by Crippen LogP contribution is 2.18. The van der Waals surface area contributed by atoms with E-state index in [4.69, 9.17) is 0 Å². The van der Waals surface area contributed by atoms with Crippen LogP contribution >= 0.6 is 11.3 Å². The van der Waals surface area contributed by atoms with E-state index in [1.165, 1.54) is 36.1 Å². The molecule has 0 fully saturated rings. The highest BCUT2D eigenvalue weighted by atomic mass is 32.1. The molecule has 1 N–H and O–H groups in total. The van der Waals surface area contributed by atoms with Crippen LogP contribution in [0.1, 0.15) is 36.6 Å². The molecule has 14 heavy (non-hydrogen) atoms. The van der Waals surface area contributed by atoms with Gasteiger partial charge in [0, 0.05) is 10.9 Å². The molecule has 0 aliphatic carbocycles. The molecule has 1 rings (SSSR count). The van der Waals surface area contributed by atoms with E-state index in [9.17, 15) is 0 Å². The molecular formula is C12H21NS. The van der Waals surface area contributed by atoms with Gasteiger partial charge < -0.3 is 5.32 Å². The fourth-order valence-electron chi connectivity index (χ4n) is 1.78. The van der Waals surface area contributed by atoms with Crippen LogP contribution in [0.2, 0.25) is 0 Å². The van der Waals surface area contributed by atoms with Crippen molar-refractivity contribution >= 4 is 11.3 Å². The van der Waals surface area contributed by atoms with Crippen LogP contribution in [0, 0.1) is 6.92 Å². The van der Waals surface area contributed by atoms with Gasteiger partial charge in [0.15, 0.2) is 0 Å². The monoisotopic (exact) mass is 211 g/mol. The summed E-state index contributed by atoms with van der Waals surface area (Å²) >= 11 is 1.86. The normalized spacial score (nSPS) is 13.1. The third kappa shape index (κ3) is 3.43. The van der Waals surface area contributed by atoms with Crippen molar-refractivity contribution in [1.29, 1.82) is 0 Å². The van der Waals surface area contributed by atoms with Crippen molar-refractivity contribution in [2.45, 2.75) is 45.6 Å². The minimum Gasteiger partial charge on any atom is -0.317 e. The third-order valence-corrected chi connectivity index (χ3v) is 3.66. The first-order valence-electron chi connectivity index (χ1n) is 5.48. The molecule has 1 nitrogen and oxygen atoms in total. The maximum absolute atomic E-state index is 3.39. The molecule has 0 amide bonds. The lowest BCUT2D eigenvalue weighted by Gasteiger charge is -2.14. The van der Waals surface area contributed by atoms with Crippen LogP contribution in [-0.4, -0.2) is 13.1 Å². The van der Waals surface area contributed by atoms with Crippen LogP contribution in [0.15, 0.2) is 11.4 Å². The lowest BCUT2D eigenvalue weighted by molar-refractivity contribution is 0.484. The van der Waals surface area contributed by atoms with Gasteiger partial charge in [-0.15, -0.1) is 11.3 Å². The number of nitrogens with one attached hydrogen (secondary N) is 1. The van der Waals surface area contributed by atoms with E-state index in [1.54, 1.807) is 0 Å². The summed E-state index contributed by atoms with van der Waals surface area (Å²) in [7, 11) is 2.07. The third-order valence-electron chi connectivity index (χ3n) is 2.77.